The van der Waals surface area contributed by atoms with Crippen molar-refractivity contribution < 1.29 is 23.1 Å². The summed E-state index contributed by atoms with van der Waals surface area (Å²) in [5.41, 5.74) is 0. The highest BCUT2D eigenvalue weighted by Crippen LogP contribution is 2.20. The maximum Gasteiger partial charge on any atom is 0.307 e. The maximum atomic E-state index is 12.3. The zero-order chi connectivity index (χ0) is 15.3. The lowest BCUT2D eigenvalue weighted by atomic mass is 10.0. The van der Waals surface area contributed by atoms with Gasteiger partial charge in [-0.2, -0.15) is 17.0 Å². The van der Waals surface area contributed by atoms with Gasteiger partial charge in [0.05, 0.1) is 18.6 Å². The molecule has 1 aliphatic rings. The van der Waals surface area contributed by atoms with E-state index in [9.17, 15) is 13.2 Å². The molecular formula is C12H24N2O5S. The van der Waals surface area contributed by atoms with Crippen molar-refractivity contribution in [1.29, 1.82) is 0 Å². The number of hydrogen-bond acceptors (Lipinski definition) is 4. The molecule has 0 amide bonds. The number of hydrogen-bond donors (Lipinski definition) is 1. The first-order valence-corrected chi connectivity index (χ1v) is 8.20. The number of rotatable bonds is 7. The number of carboxylic acids is 1. The SMILES string of the molecule is CC(C)OCCN(C)S(=O)(=O)N1CCCC(C(=O)O)C1. The quantitative estimate of drug-likeness (QED) is 0.735. The van der Waals surface area contributed by atoms with Crippen molar-refractivity contribution in [3.8, 4) is 0 Å². The fourth-order valence-corrected chi connectivity index (χ4v) is 3.51. The monoisotopic (exact) mass is 308 g/mol. The maximum absolute atomic E-state index is 12.3. The second-order valence-corrected chi connectivity index (χ2v) is 7.32. The Morgan fingerprint density at radius 1 is 1.50 bits per heavy atom. The highest BCUT2D eigenvalue weighted by atomic mass is 32.2. The standard InChI is InChI=1S/C12H24N2O5S/c1-10(2)19-8-7-13(3)20(17,18)14-6-4-5-11(9-14)12(15)16/h10-11H,4-9H2,1-3H3,(H,15,16). The first-order valence-electron chi connectivity index (χ1n) is 6.81. The number of carbonyl (C=O) groups is 1. The molecule has 118 valence electrons. The zero-order valence-corrected chi connectivity index (χ0v) is 13.1. The van der Waals surface area contributed by atoms with E-state index in [0.717, 1.165) is 0 Å². The number of ether oxygens (including phenoxy) is 1. The van der Waals surface area contributed by atoms with Crippen molar-refractivity contribution in [2.24, 2.45) is 5.92 Å². The summed E-state index contributed by atoms with van der Waals surface area (Å²) in [6, 6.07) is 0. The van der Waals surface area contributed by atoms with E-state index in [-0.39, 0.29) is 19.2 Å². The van der Waals surface area contributed by atoms with Gasteiger partial charge in [-0.05, 0) is 26.7 Å². The van der Waals surface area contributed by atoms with Crippen LogP contribution in [0.3, 0.4) is 0 Å². The van der Waals surface area contributed by atoms with Gasteiger partial charge in [0.15, 0.2) is 0 Å². The normalized spacial score (nSPS) is 21.6. The topological polar surface area (TPSA) is 87.2 Å². The highest BCUT2D eigenvalue weighted by molar-refractivity contribution is 7.86. The number of nitrogens with zero attached hydrogens (tertiary/aromatic N) is 2. The smallest absolute Gasteiger partial charge is 0.307 e. The first kappa shape index (κ1) is 17.4. The Morgan fingerprint density at radius 2 is 2.15 bits per heavy atom. The molecule has 1 atom stereocenters. The number of piperidine rings is 1. The Hall–Kier alpha value is -0.700. The third-order valence-electron chi connectivity index (χ3n) is 3.31. The van der Waals surface area contributed by atoms with E-state index in [4.69, 9.17) is 9.84 Å². The lowest BCUT2D eigenvalue weighted by Gasteiger charge is -2.32. The summed E-state index contributed by atoms with van der Waals surface area (Å²) in [6.45, 7) is 4.78. The predicted molar refractivity (Wildman–Crippen MR) is 74.6 cm³/mol. The predicted octanol–water partition coefficient (Wildman–Crippen LogP) is 0.385. The number of likely N-dealkylation sites (N-methyl/N-ethyl adjacent to an activating group) is 1. The molecule has 1 heterocycles. The molecule has 0 radical (unpaired) electrons. The van der Waals surface area contributed by atoms with Crippen LogP contribution in [0.25, 0.3) is 0 Å². The zero-order valence-electron chi connectivity index (χ0n) is 12.3. The summed E-state index contributed by atoms with van der Waals surface area (Å²) in [5.74, 6) is -1.55. The van der Waals surface area contributed by atoms with Gasteiger partial charge in [-0.15, -0.1) is 0 Å². The van der Waals surface area contributed by atoms with Gasteiger partial charge >= 0.3 is 5.97 Å². The number of aliphatic carboxylic acids is 1. The molecule has 1 rings (SSSR count). The second kappa shape index (κ2) is 7.35. The molecule has 0 saturated carbocycles. The Morgan fingerprint density at radius 3 is 2.70 bits per heavy atom. The average molecular weight is 308 g/mol. The van der Waals surface area contributed by atoms with Crippen LogP contribution in [0.1, 0.15) is 26.7 Å². The number of carboxylic acid groups (broad SMARTS) is 1. The Labute approximate surface area is 120 Å². The van der Waals surface area contributed by atoms with Gasteiger partial charge in [0, 0.05) is 26.7 Å². The summed E-state index contributed by atoms with van der Waals surface area (Å²) in [5, 5.41) is 9.01. The van der Waals surface area contributed by atoms with E-state index >= 15 is 0 Å². The molecule has 1 fully saturated rings. The molecule has 7 nitrogen and oxygen atoms in total. The van der Waals surface area contributed by atoms with Crippen LogP contribution in [-0.4, -0.2) is 67.5 Å². The van der Waals surface area contributed by atoms with Crippen LogP contribution in [0.4, 0.5) is 0 Å². The minimum atomic E-state index is -3.60. The molecule has 0 bridgehead atoms. The second-order valence-electron chi connectivity index (χ2n) is 5.28. The van der Waals surface area contributed by atoms with Crippen LogP contribution in [0.5, 0.6) is 0 Å². The van der Waals surface area contributed by atoms with E-state index in [0.29, 0.717) is 26.0 Å². The van der Waals surface area contributed by atoms with Gasteiger partial charge in [-0.1, -0.05) is 0 Å². The van der Waals surface area contributed by atoms with Crippen LogP contribution in [0.15, 0.2) is 0 Å². The summed E-state index contributed by atoms with van der Waals surface area (Å²) in [7, 11) is -2.11. The van der Waals surface area contributed by atoms with Gasteiger partial charge in [0.1, 0.15) is 0 Å². The Bertz CT molecular complexity index is 424. The van der Waals surface area contributed by atoms with Gasteiger partial charge < -0.3 is 9.84 Å². The lowest BCUT2D eigenvalue weighted by molar-refractivity contribution is -0.142. The molecular weight excluding hydrogens is 284 g/mol. The summed E-state index contributed by atoms with van der Waals surface area (Å²) in [6.07, 6.45) is 1.16. The van der Waals surface area contributed by atoms with Crippen molar-refractivity contribution in [3.05, 3.63) is 0 Å². The molecule has 0 aromatic heterocycles. The molecule has 1 unspecified atom stereocenters. The van der Waals surface area contributed by atoms with E-state index in [1.54, 1.807) is 0 Å². The minimum Gasteiger partial charge on any atom is -0.481 e. The largest absolute Gasteiger partial charge is 0.481 e. The van der Waals surface area contributed by atoms with Crippen LogP contribution in [0, 0.1) is 5.92 Å². The molecule has 0 spiro atoms. The van der Waals surface area contributed by atoms with E-state index in [1.165, 1.54) is 15.7 Å². The molecule has 1 N–H and O–H groups in total. The summed E-state index contributed by atoms with van der Waals surface area (Å²) < 4.78 is 32.5. The van der Waals surface area contributed by atoms with Gasteiger partial charge in [-0.25, -0.2) is 0 Å². The molecule has 20 heavy (non-hydrogen) atoms. The van der Waals surface area contributed by atoms with Crippen molar-refractivity contribution in [1.82, 2.24) is 8.61 Å². The Kier molecular flexibility index (Phi) is 6.38. The fraction of sp³-hybridized carbons (Fsp3) is 0.917. The molecule has 0 aromatic rings. The fourth-order valence-electron chi connectivity index (χ4n) is 2.08. The third kappa shape index (κ3) is 4.69. The summed E-state index contributed by atoms with van der Waals surface area (Å²) in [4.78, 5) is 11.0. The van der Waals surface area contributed by atoms with E-state index < -0.39 is 22.1 Å². The van der Waals surface area contributed by atoms with Crippen LogP contribution < -0.4 is 0 Å². The van der Waals surface area contributed by atoms with Crippen molar-refractivity contribution in [2.45, 2.75) is 32.8 Å². The summed E-state index contributed by atoms with van der Waals surface area (Å²) >= 11 is 0. The molecule has 0 aromatic carbocycles. The molecule has 8 heteroatoms. The molecule has 1 aliphatic heterocycles. The Balaban J connectivity index is 2.60. The van der Waals surface area contributed by atoms with Gasteiger partial charge in [0.2, 0.25) is 0 Å². The minimum absolute atomic E-state index is 0.0487. The van der Waals surface area contributed by atoms with Crippen molar-refractivity contribution in [3.63, 3.8) is 0 Å². The van der Waals surface area contributed by atoms with E-state index in [2.05, 4.69) is 0 Å². The first-order chi connectivity index (χ1) is 9.25. The van der Waals surface area contributed by atoms with Crippen LogP contribution >= 0.6 is 0 Å². The van der Waals surface area contributed by atoms with Crippen molar-refractivity contribution >= 4 is 16.2 Å². The van der Waals surface area contributed by atoms with Crippen molar-refractivity contribution in [2.75, 3.05) is 33.3 Å². The average Bonchev–Trinajstić information content (AvgIpc) is 2.38. The molecule has 1 saturated heterocycles. The van der Waals surface area contributed by atoms with Crippen LogP contribution in [0.2, 0.25) is 0 Å². The van der Waals surface area contributed by atoms with Gasteiger partial charge in [0.25, 0.3) is 10.2 Å². The third-order valence-corrected chi connectivity index (χ3v) is 5.27. The van der Waals surface area contributed by atoms with E-state index in [1.807, 2.05) is 13.8 Å². The lowest BCUT2D eigenvalue weighted by Crippen LogP contribution is -2.48. The van der Waals surface area contributed by atoms with Crippen LogP contribution in [-0.2, 0) is 19.7 Å². The highest BCUT2D eigenvalue weighted by Gasteiger charge is 2.34. The molecule has 0 aliphatic carbocycles. The van der Waals surface area contributed by atoms with Gasteiger partial charge in [-0.3, -0.25) is 4.79 Å².